The first kappa shape index (κ1) is 11.7. The minimum atomic E-state index is 0.143. The first-order valence-corrected chi connectivity index (χ1v) is 6.70. The van der Waals surface area contributed by atoms with E-state index in [0.717, 1.165) is 5.92 Å². The highest BCUT2D eigenvalue weighted by Crippen LogP contribution is 2.26. The summed E-state index contributed by atoms with van der Waals surface area (Å²) in [4.78, 5) is 13.9. The van der Waals surface area contributed by atoms with Gasteiger partial charge in [0.15, 0.2) is 0 Å². The molecule has 0 atom stereocenters. The van der Waals surface area contributed by atoms with Crippen LogP contribution in [0.25, 0.3) is 0 Å². The molecule has 0 unspecified atom stereocenters. The van der Waals surface area contributed by atoms with E-state index in [0.29, 0.717) is 12.1 Å². The lowest BCUT2D eigenvalue weighted by Crippen LogP contribution is -2.49. The van der Waals surface area contributed by atoms with Crippen molar-refractivity contribution in [1.82, 2.24) is 10.2 Å². The summed E-state index contributed by atoms with van der Waals surface area (Å²) in [6.45, 7) is 2.31. The van der Waals surface area contributed by atoms with Gasteiger partial charge in [-0.05, 0) is 50.9 Å². The minimum Gasteiger partial charge on any atom is -0.335 e. The van der Waals surface area contributed by atoms with Crippen molar-refractivity contribution < 1.29 is 4.79 Å². The van der Waals surface area contributed by atoms with E-state index in [4.69, 9.17) is 0 Å². The molecule has 16 heavy (non-hydrogen) atoms. The molecule has 0 heterocycles. The molecular weight excluding hydrogens is 200 g/mol. The molecule has 2 fully saturated rings. The van der Waals surface area contributed by atoms with E-state index in [9.17, 15) is 4.79 Å². The van der Waals surface area contributed by atoms with Gasteiger partial charge in [0.25, 0.3) is 0 Å². The number of carbonyl (C=O) groups excluding carboxylic acids is 1. The van der Waals surface area contributed by atoms with Crippen LogP contribution in [0.4, 0.5) is 4.79 Å². The van der Waals surface area contributed by atoms with E-state index >= 15 is 0 Å². The zero-order valence-electron chi connectivity index (χ0n) is 10.5. The van der Waals surface area contributed by atoms with E-state index in [1.165, 1.54) is 44.9 Å². The number of nitrogens with zero attached hydrogens (tertiary/aromatic N) is 1. The second-order valence-electron chi connectivity index (χ2n) is 5.60. The topological polar surface area (TPSA) is 32.3 Å². The standard InChI is InChI=1S/C13H24N2O/c1-10-6-8-12(9-7-10)15(2)13(16)14-11-4-3-5-11/h10-12H,3-9H2,1-2H3,(H,14,16). The largest absolute Gasteiger partial charge is 0.335 e. The van der Waals surface area contributed by atoms with Crippen LogP contribution in [-0.4, -0.2) is 30.1 Å². The Balaban J connectivity index is 1.76. The molecule has 92 valence electrons. The zero-order chi connectivity index (χ0) is 11.5. The predicted octanol–water partition coefficient (Wildman–Crippen LogP) is 2.76. The maximum Gasteiger partial charge on any atom is 0.317 e. The number of urea groups is 1. The first-order chi connectivity index (χ1) is 7.66. The Labute approximate surface area is 98.6 Å². The number of amides is 2. The fraction of sp³-hybridized carbons (Fsp3) is 0.923. The van der Waals surface area contributed by atoms with Gasteiger partial charge >= 0.3 is 6.03 Å². The predicted molar refractivity (Wildman–Crippen MR) is 65.4 cm³/mol. The fourth-order valence-corrected chi connectivity index (χ4v) is 2.62. The van der Waals surface area contributed by atoms with Gasteiger partial charge in [-0.3, -0.25) is 0 Å². The van der Waals surface area contributed by atoms with Gasteiger partial charge in [0.2, 0.25) is 0 Å². The molecule has 0 radical (unpaired) electrons. The van der Waals surface area contributed by atoms with Gasteiger partial charge in [-0.15, -0.1) is 0 Å². The molecular formula is C13H24N2O. The van der Waals surface area contributed by atoms with Crippen LogP contribution < -0.4 is 5.32 Å². The van der Waals surface area contributed by atoms with E-state index in [2.05, 4.69) is 12.2 Å². The number of rotatable bonds is 2. The molecule has 0 saturated heterocycles. The molecule has 1 N–H and O–H groups in total. The first-order valence-electron chi connectivity index (χ1n) is 6.70. The van der Waals surface area contributed by atoms with Crippen molar-refractivity contribution in [2.45, 2.75) is 64.0 Å². The van der Waals surface area contributed by atoms with Crippen LogP contribution in [0.3, 0.4) is 0 Å². The lowest BCUT2D eigenvalue weighted by atomic mass is 9.87. The molecule has 0 aromatic heterocycles. The molecule has 3 nitrogen and oxygen atoms in total. The van der Waals surface area contributed by atoms with Crippen molar-refractivity contribution in [3.63, 3.8) is 0 Å². The van der Waals surface area contributed by atoms with Gasteiger partial charge in [0.05, 0.1) is 0 Å². The highest BCUT2D eigenvalue weighted by Gasteiger charge is 2.27. The van der Waals surface area contributed by atoms with Gasteiger partial charge in [-0.1, -0.05) is 6.92 Å². The molecule has 0 spiro atoms. The van der Waals surface area contributed by atoms with Crippen LogP contribution in [0.5, 0.6) is 0 Å². The third-order valence-corrected chi connectivity index (χ3v) is 4.29. The number of hydrogen-bond donors (Lipinski definition) is 1. The van der Waals surface area contributed by atoms with Crippen molar-refractivity contribution in [2.24, 2.45) is 5.92 Å². The molecule has 3 heteroatoms. The zero-order valence-corrected chi connectivity index (χ0v) is 10.5. The summed E-state index contributed by atoms with van der Waals surface area (Å²) in [5, 5.41) is 3.11. The summed E-state index contributed by atoms with van der Waals surface area (Å²) in [6.07, 6.45) is 8.50. The van der Waals surface area contributed by atoms with Crippen LogP contribution in [-0.2, 0) is 0 Å². The SMILES string of the molecule is CC1CCC(N(C)C(=O)NC2CCC2)CC1. The van der Waals surface area contributed by atoms with Crippen molar-refractivity contribution in [3.8, 4) is 0 Å². The van der Waals surface area contributed by atoms with Crippen LogP contribution in [0, 0.1) is 5.92 Å². The maximum absolute atomic E-state index is 11.9. The van der Waals surface area contributed by atoms with Gasteiger partial charge in [-0.25, -0.2) is 4.79 Å². The summed E-state index contributed by atoms with van der Waals surface area (Å²) in [5.41, 5.74) is 0. The summed E-state index contributed by atoms with van der Waals surface area (Å²) in [6, 6.07) is 1.07. The van der Waals surface area contributed by atoms with Gasteiger partial charge in [-0.2, -0.15) is 0 Å². The lowest BCUT2D eigenvalue weighted by molar-refractivity contribution is 0.156. The van der Waals surface area contributed by atoms with Gasteiger partial charge in [0.1, 0.15) is 0 Å². The highest BCUT2D eigenvalue weighted by atomic mass is 16.2. The second-order valence-corrected chi connectivity index (χ2v) is 5.60. The smallest absolute Gasteiger partial charge is 0.317 e. The number of nitrogens with one attached hydrogen (secondary N) is 1. The highest BCUT2D eigenvalue weighted by molar-refractivity contribution is 5.74. The molecule has 2 amide bonds. The van der Waals surface area contributed by atoms with Crippen LogP contribution in [0.2, 0.25) is 0 Å². The lowest BCUT2D eigenvalue weighted by Gasteiger charge is -2.36. The molecule has 0 aromatic rings. The van der Waals surface area contributed by atoms with Gasteiger partial charge in [0, 0.05) is 19.1 Å². The maximum atomic E-state index is 11.9. The summed E-state index contributed by atoms with van der Waals surface area (Å²) < 4.78 is 0. The molecule has 0 aromatic carbocycles. The van der Waals surface area contributed by atoms with Crippen LogP contribution in [0.15, 0.2) is 0 Å². The van der Waals surface area contributed by atoms with Crippen molar-refractivity contribution in [3.05, 3.63) is 0 Å². The van der Waals surface area contributed by atoms with Crippen molar-refractivity contribution >= 4 is 6.03 Å². The van der Waals surface area contributed by atoms with E-state index in [1.54, 1.807) is 0 Å². The van der Waals surface area contributed by atoms with E-state index < -0.39 is 0 Å². The Kier molecular flexibility index (Phi) is 3.72. The number of hydrogen-bond acceptors (Lipinski definition) is 1. The molecule has 0 bridgehead atoms. The fourth-order valence-electron chi connectivity index (χ4n) is 2.62. The average Bonchev–Trinajstić information content (AvgIpc) is 2.23. The molecule has 2 aliphatic rings. The van der Waals surface area contributed by atoms with Gasteiger partial charge < -0.3 is 10.2 Å². The Morgan fingerprint density at radius 1 is 1.12 bits per heavy atom. The Morgan fingerprint density at radius 3 is 2.25 bits per heavy atom. The summed E-state index contributed by atoms with van der Waals surface area (Å²) >= 11 is 0. The Morgan fingerprint density at radius 2 is 1.75 bits per heavy atom. The minimum absolute atomic E-state index is 0.143. The number of carbonyl (C=O) groups is 1. The third-order valence-electron chi connectivity index (χ3n) is 4.29. The molecule has 2 saturated carbocycles. The third kappa shape index (κ3) is 2.69. The Bertz CT molecular complexity index is 242. The summed E-state index contributed by atoms with van der Waals surface area (Å²) in [5.74, 6) is 0.847. The monoisotopic (exact) mass is 224 g/mol. The summed E-state index contributed by atoms with van der Waals surface area (Å²) in [7, 11) is 1.95. The van der Waals surface area contributed by atoms with Crippen LogP contribution in [0.1, 0.15) is 51.9 Å². The normalized spacial score (nSPS) is 30.6. The molecule has 2 aliphatic carbocycles. The average molecular weight is 224 g/mol. The van der Waals surface area contributed by atoms with E-state index in [-0.39, 0.29) is 6.03 Å². The van der Waals surface area contributed by atoms with E-state index in [1.807, 2.05) is 11.9 Å². The second kappa shape index (κ2) is 5.07. The molecule has 2 rings (SSSR count). The Hall–Kier alpha value is -0.730. The van der Waals surface area contributed by atoms with Crippen molar-refractivity contribution in [1.29, 1.82) is 0 Å². The van der Waals surface area contributed by atoms with Crippen LogP contribution >= 0.6 is 0 Å². The molecule has 0 aliphatic heterocycles. The quantitative estimate of drug-likeness (QED) is 0.768. The van der Waals surface area contributed by atoms with Crippen molar-refractivity contribution in [2.75, 3.05) is 7.05 Å².